The highest BCUT2D eigenvalue weighted by Gasteiger charge is 2.25. The number of anilines is 1. The number of rotatable bonds is 4. The first-order chi connectivity index (χ1) is 14.6. The number of nitrogens with two attached hydrogens (primary N) is 1. The van der Waals surface area contributed by atoms with E-state index in [2.05, 4.69) is 59.2 Å². The Morgan fingerprint density at radius 3 is 2.50 bits per heavy atom. The molecule has 4 heteroatoms. The molecular weight excluding hydrogens is 370 g/mol. The van der Waals surface area contributed by atoms with Crippen LogP contribution in [-0.2, 0) is 11.2 Å². The second kappa shape index (κ2) is 9.64. The first-order valence-electron chi connectivity index (χ1n) is 11.3. The van der Waals surface area contributed by atoms with Crippen LogP contribution in [-0.4, -0.2) is 36.8 Å². The van der Waals surface area contributed by atoms with Crippen LogP contribution in [0.5, 0.6) is 0 Å². The zero-order valence-corrected chi connectivity index (χ0v) is 18.1. The van der Waals surface area contributed by atoms with Gasteiger partial charge in [0.05, 0.1) is 17.3 Å². The lowest BCUT2D eigenvalue weighted by atomic mass is 9.83. The highest BCUT2D eigenvalue weighted by atomic mass is 16.5. The van der Waals surface area contributed by atoms with E-state index in [0.717, 1.165) is 62.3 Å². The standard InChI is InChI=1S/C26H33N3O/c1-30-23-13-18-29(19-14-23)25-11-10-22(12-17-26(27)15-6-3-7-16-26)24(28-25)20-21-8-4-2-5-9-21/h2,4-5,8-11,23H,3,6-7,13-16,18-20,27H2,1H3. The van der Waals surface area contributed by atoms with Crippen LogP contribution in [0.15, 0.2) is 42.5 Å². The molecule has 2 N–H and O–H groups in total. The largest absolute Gasteiger partial charge is 0.381 e. The minimum atomic E-state index is -0.344. The molecule has 1 aromatic heterocycles. The van der Waals surface area contributed by atoms with Crippen molar-refractivity contribution in [1.29, 1.82) is 0 Å². The Labute approximate surface area is 180 Å². The Balaban J connectivity index is 1.60. The molecule has 4 nitrogen and oxygen atoms in total. The molecule has 1 saturated carbocycles. The third kappa shape index (κ3) is 5.22. The van der Waals surface area contributed by atoms with Crippen molar-refractivity contribution in [3.8, 4) is 11.8 Å². The van der Waals surface area contributed by atoms with Crippen molar-refractivity contribution in [2.75, 3.05) is 25.1 Å². The molecule has 0 unspecified atom stereocenters. The fourth-order valence-corrected chi connectivity index (χ4v) is 4.52. The average Bonchev–Trinajstić information content (AvgIpc) is 2.79. The lowest BCUT2D eigenvalue weighted by molar-refractivity contribution is 0.0818. The summed E-state index contributed by atoms with van der Waals surface area (Å²) in [6, 6.07) is 14.8. The molecule has 0 radical (unpaired) electrons. The zero-order valence-electron chi connectivity index (χ0n) is 18.1. The fourth-order valence-electron chi connectivity index (χ4n) is 4.52. The molecule has 1 aromatic carbocycles. The lowest BCUT2D eigenvalue weighted by Crippen LogP contribution is -2.40. The second-order valence-electron chi connectivity index (χ2n) is 8.71. The first-order valence-corrected chi connectivity index (χ1v) is 11.3. The SMILES string of the molecule is COC1CCN(c2ccc(C#CC3(N)CCCCC3)c(Cc3ccccc3)n2)CC1. The van der Waals surface area contributed by atoms with Gasteiger partial charge in [-0.2, -0.15) is 0 Å². The van der Waals surface area contributed by atoms with Crippen molar-refractivity contribution in [2.45, 2.75) is 63.0 Å². The zero-order chi connectivity index (χ0) is 20.8. The Bertz CT molecular complexity index is 885. The predicted molar refractivity (Wildman–Crippen MR) is 123 cm³/mol. The molecule has 30 heavy (non-hydrogen) atoms. The summed E-state index contributed by atoms with van der Waals surface area (Å²) in [7, 11) is 1.81. The van der Waals surface area contributed by atoms with Gasteiger partial charge in [0.1, 0.15) is 5.82 Å². The van der Waals surface area contributed by atoms with E-state index in [1.807, 2.05) is 0 Å². The Kier molecular flexibility index (Phi) is 6.72. The summed E-state index contributed by atoms with van der Waals surface area (Å²) in [4.78, 5) is 7.44. The molecule has 4 rings (SSSR count). The van der Waals surface area contributed by atoms with Gasteiger partial charge in [-0.1, -0.05) is 61.4 Å². The van der Waals surface area contributed by atoms with Crippen molar-refractivity contribution in [1.82, 2.24) is 4.98 Å². The van der Waals surface area contributed by atoms with Gasteiger partial charge in [-0.25, -0.2) is 4.98 Å². The quantitative estimate of drug-likeness (QED) is 0.774. The fraction of sp³-hybridized carbons (Fsp3) is 0.500. The van der Waals surface area contributed by atoms with Gasteiger partial charge in [0, 0.05) is 32.2 Å². The minimum absolute atomic E-state index is 0.344. The number of pyridine rings is 1. The maximum absolute atomic E-state index is 6.57. The summed E-state index contributed by atoms with van der Waals surface area (Å²) in [5.41, 5.74) is 9.52. The molecule has 0 spiro atoms. The normalized spacial score (nSPS) is 19.2. The molecule has 2 aliphatic rings. The molecule has 1 aliphatic heterocycles. The van der Waals surface area contributed by atoms with E-state index in [0.29, 0.717) is 6.10 Å². The molecular formula is C26H33N3O. The summed E-state index contributed by atoms with van der Waals surface area (Å²) < 4.78 is 5.52. The van der Waals surface area contributed by atoms with Gasteiger partial charge in [-0.3, -0.25) is 0 Å². The number of methoxy groups -OCH3 is 1. The molecule has 1 aliphatic carbocycles. The summed E-state index contributed by atoms with van der Waals surface area (Å²) in [6.45, 7) is 1.96. The van der Waals surface area contributed by atoms with Gasteiger partial charge in [0.25, 0.3) is 0 Å². The maximum atomic E-state index is 6.57. The highest BCUT2D eigenvalue weighted by Crippen LogP contribution is 2.26. The van der Waals surface area contributed by atoms with Gasteiger partial charge in [0.2, 0.25) is 0 Å². The lowest BCUT2D eigenvalue weighted by Gasteiger charge is -2.32. The van der Waals surface area contributed by atoms with E-state index < -0.39 is 0 Å². The summed E-state index contributed by atoms with van der Waals surface area (Å²) in [6.07, 6.45) is 8.86. The van der Waals surface area contributed by atoms with Crippen LogP contribution >= 0.6 is 0 Å². The van der Waals surface area contributed by atoms with E-state index in [-0.39, 0.29) is 5.54 Å². The number of ether oxygens (including phenoxy) is 1. The summed E-state index contributed by atoms with van der Waals surface area (Å²) >= 11 is 0. The molecule has 1 saturated heterocycles. The van der Waals surface area contributed by atoms with E-state index >= 15 is 0 Å². The number of hydrogen-bond acceptors (Lipinski definition) is 4. The first kappa shape index (κ1) is 20.9. The van der Waals surface area contributed by atoms with Crippen LogP contribution < -0.4 is 10.6 Å². The summed E-state index contributed by atoms with van der Waals surface area (Å²) in [5, 5.41) is 0. The Morgan fingerprint density at radius 2 is 1.80 bits per heavy atom. The predicted octanol–water partition coefficient (Wildman–Crippen LogP) is 4.30. The van der Waals surface area contributed by atoms with Crippen LogP contribution in [0.1, 0.15) is 61.8 Å². The van der Waals surface area contributed by atoms with Crippen molar-refractivity contribution < 1.29 is 4.74 Å². The van der Waals surface area contributed by atoms with Gasteiger partial charge < -0.3 is 15.4 Å². The Hall–Kier alpha value is -2.35. The van der Waals surface area contributed by atoms with Crippen LogP contribution in [0.2, 0.25) is 0 Å². The van der Waals surface area contributed by atoms with Crippen molar-refractivity contribution in [3.05, 3.63) is 59.3 Å². The van der Waals surface area contributed by atoms with Crippen molar-refractivity contribution >= 4 is 5.82 Å². The van der Waals surface area contributed by atoms with Gasteiger partial charge in [0.15, 0.2) is 0 Å². The van der Waals surface area contributed by atoms with E-state index in [4.69, 9.17) is 15.5 Å². The van der Waals surface area contributed by atoms with Crippen LogP contribution in [0.25, 0.3) is 0 Å². The topological polar surface area (TPSA) is 51.4 Å². The van der Waals surface area contributed by atoms with Gasteiger partial charge in [-0.05, 0) is 43.4 Å². The number of nitrogens with zero attached hydrogens (tertiary/aromatic N) is 2. The van der Waals surface area contributed by atoms with E-state index in [9.17, 15) is 0 Å². The highest BCUT2D eigenvalue weighted by molar-refractivity contribution is 5.49. The second-order valence-corrected chi connectivity index (χ2v) is 8.71. The maximum Gasteiger partial charge on any atom is 0.128 e. The molecule has 158 valence electrons. The van der Waals surface area contributed by atoms with Gasteiger partial charge in [-0.15, -0.1) is 0 Å². The Morgan fingerprint density at radius 1 is 1.07 bits per heavy atom. The van der Waals surface area contributed by atoms with Crippen LogP contribution in [0.4, 0.5) is 5.82 Å². The summed E-state index contributed by atoms with van der Waals surface area (Å²) in [5.74, 6) is 7.87. The van der Waals surface area contributed by atoms with E-state index in [1.165, 1.54) is 24.8 Å². The molecule has 2 fully saturated rings. The number of benzene rings is 1. The van der Waals surface area contributed by atoms with Crippen LogP contribution in [0.3, 0.4) is 0 Å². The third-order valence-electron chi connectivity index (χ3n) is 6.47. The van der Waals surface area contributed by atoms with E-state index in [1.54, 1.807) is 7.11 Å². The van der Waals surface area contributed by atoms with Crippen molar-refractivity contribution in [3.63, 3.8) is 0 Å². The third-order valence-corrected chi connectivity index (χ3v) is 6.47. The molecule has 0 bridgehead atoms. The smallest absolute Gasteiger partial charge is 0.128 e. The van der Waals surface area contributed by atoms with Gasteiger partial charge >= 0.3 is 0 Å². The number of piperidine rings is 1. The van der Waals surface area contributed by atoms with Crippen LogP contribution in [0, 0.1) is 11.8 Å². The monoisotopic (exact) mass is 403 g/mol. The number of aromatic nitrogens is 1. The molecule has 0 atom stereocenters. The molecule has 0 amide bonds. The molecule has 2 aromatic rings. The van der Waals surface area contributed by atoms with Crippen molar-refractivity contribution in [2.24, 2.45) is 5.73 Å². The number of hydrogen-bond donors (Lipinski definition) is 1. The average molecular weight is 404 g/mol. The molecule has 2 heterocycles. The minimum Gasteiger partial charge on any atom is -0.381 e.